The van der Waals surface area contributed by atoms with Crippen LogP contribution in [0.4, 0.5) is 5.69 Å². The first-order valence-electron chi connectivity index (χ1n) is 9.20. The van der Waals surface area contributed by atoms with Gasteiger partial charge in [-0.25, -0.2) is 0 Å². The molecule has 2 aromatic carbocycles. The predicted molar refractivity (Wildman–Crippen MR) is 113 cm³/mol. The van der Waals surface area contributed by atoms with Crippen molar-refractivity contribution in [3.05, 3.63) is 52.0 Å². The molecule has 3 rings (SSSR count). The molecule has 1 aliphatic heterocycles. The fourth-order valence-electron chi connectivity index (χ4n) is 3.47. The number of piperidine rings is 1. The van der Waals surface area contributed by atoms with E-state index in [1.807, 2.05) is 24.3 Å². The number of carbonyl (C=O) groups is 1. The summed E-state index contributed by atoms with van der Waals surface area (Å²) in [5.41, 5.74) is 1.63. The van der Waals surface area contributed by atoms with Crippen molar-refractivity contribution in [2.75, 3.05) is 32.6 Å². The minimum atomic E-state index is -0.109. The van der Waals surface area contributed by atoms with Crippen LogP contribution in [-0.2, 0) is 11.3 Å². The summed E-state index contributed by atoms with van der Waals surface area (Å²) in [6.07, 6.45) is 1.81. The maximum atomic E-state index is 12.9. The largest absolute Gasteiger partial charge is 0.495 e. The van der Waals surface area contributed by atoms with E-state index in [0.717, 1.165) is 36.5 Å². The molecule has 0 radical (unpaired) electrons. The van der Waals surface area contributed by atoms with Crippen molar-refractivity contribution in [3.8, 4) is 11.5 Å². The molecule has 0 bridgehead atoms. The van der Waals surface area contributed by atoms with Crippen LogP contribution in [0.1, 0.15) is 18.4 Å². The van der Waals surface area contributed by atoms with Gasteiger partial charge in [0.05, 0.1) is 30.8 Å². The van der Waals surface area contributed by atoms with E-state index in [4.69, 9.17) is 32.7 Å². The molecule has 1 atom stereocenters. The number of halogens is 2. The highest BCUT2D eigenvalue weighted by Gasteiger charge is 2.27. The van der Waals surface area contributed by atoms with Crippen molar-refractivity contribution in [2.24, 2.45) is 5.92 Å². The zero-order chi connectivity index (χ0) is 20.1. The van der Waals surface area contributed by atoms with Gasteiger partial charge in [0.25, 0.3) is 0 Å². The van der Waals surface area contributed by atoms with Gasteiger partial charge in [-0.2, -0.15) is 0 Å². The van der Waals surface area contributed by atoms with Gasteiger partial charge in [0.15, 0.2) is 0 Å². The van der Waals surface area contributed by atoms with E-state index in [-0.39, 0.29) is 11.8 Å². The number of benzene rings is 2. The molecule has 7 heteroatoms. The lowest BCUT2D eigenvalue weighted by Gasteiger charge is -2.32. The third-order valence-corrected chi connectivity index (χ3v) is 5.62. The van der Waals surface area contributed by atoms with Crippen LogP contribution in [0.5, 0.6) is 11.5 Å². The Kier molecular flexibility index (Phi) is 7.05. The van der Waals surface area contributed by atoms with Gasteiger partial charge >= 0.3 is 0 Å². The van der Waals surface area contributed by atoms with E-state index < -0.39 is 0 Å². The van der Waals surface area contributed by atoms with E-state index in [1.54, 1.807) is 19.2 Å². The van der Waals surface area contributed by atoms with Crippen LogP contribution in [0, 0.1) is 5.92 Å². The van der Waals surface area contributed by atoms with Crippen LogP contribution >= 0.6 is 23.2 Å². The van der Waals surface area contributed by atoms with E-state index in [1.165, 1.54) is 7.11 Å². The molecular weight excluding hydrogens is 399 g/mol. The van der Waals surface area contributed by atoms with Crippen LogP contribution in [0.2, 0.25) is 10.0 Å². The number of ether oxygens (including phenoxy) is 2. The van der Waals surface area contributed by atoms with Gasteiger partial charge in [-0.15, -0.1) is 0 Å². The second-order valence-electron chi connectivity index (χ2n) is 6.84. The van der Waals surface area contributed by atoms with Crippen LogP contribution < -0.4 is 14.8 Å². The number of nitrogens with one attached hydrogen (secondary N) is 1. The quantitative estimate of drug-likeness (QED) is 0.721. The summed E-state index contributed by atoms with van der Waals surface area (Å²) in [5.74, 6) is 0.846. The highest BCUT2D eigenvalue weighted by atomic mass is 35.5. The van der Waals surface area contributed by atoms with E-state index in [0.29, 0.717) is 28.8 Å². The third-order valence-electron chi connectivity index (χ3n) is 4.96. The number of carbonyl (C=O) groups excluding carboxylic acids is 1. The summed E-state index contributed by atoms with van der Waals surface area (Å²) in [7, 11) is 3.08. The average Bonchev–Trinajstić information content (AvgIpc) is 2.71. The van der Waals surface area contributed by atoms with Gasteiger partial charge in [0.2, 0.25) is 5.91 Å². The molecule has 1 unspecified atom stereocenters. The Labute approximate surface area is 175 Å². The molecule has 5 nitrogen and oxygen atoms in total. The standard InChI is InChI=1S/C21H24Cl2N2O3/c1-27-19-11-18(20(28-2)10-17(19)23)24-21(26)15-7-5-9-25(13-15)12-14-6-3-4-8-16(14)22/h3-4,6,8,10-11,15H,5,7,9,12-13H2,1-2H3,(H,24,26). The van der Waals surface area contributed by atoms with E-state index in [2.05, 4.69) is 10.2 Å². The van der Waals surface area contributed by atoms with Crippen LogP contribution in [0.3, 0.4) is 0 Å². The second-order valence-corrected chi connectivity index (χ2v) is 7.66. The number of likely N-dealkylation sites (tertiary alicyclic amines) is 1. The Balaban J connectivity index is 1.68. The second kappa shape index (κ2) is 9.50. The van der Waals surface area contributed by atoms with E-state index in [9.17, 15) is 4.79 Å². The first kappa shape index (κ1) is 20.8. The molecule has 1 amide bonds. The van der Waals surface area contributed by atoms with Crippen molar-refractivity contribution in [1.29, 1.82) is 0 Å². The topological polar surface area (TPSA) is 50.8 Å². The highest BCUT2D eigenvalue weighted by Crippen LogP contribution is 2.36. The molecule has 1 saturated heterocycles. The number of anilines is 1. The summed E-state index contributed by atoms with van der Waals surface area (Å²) < 4.78 is 10.6. The fourth-order valence-corrected chi connectivity index (χ4v) is 3.90. The van der Waals surface area contributed by atoms with Crippen molar-refractivity contribution in [2.45, 2.75) is 19.4 Å². The number of methoxy groups -OCH3 is 2. The number of rotatable bonds is 6. The lowest BCUT2D eigenvalue weighted by molar-refractivity contribution is -0.121. The van der Waals surface area contributed by atoms with Crippen molar-refractivity contribution < 1.29 is 14.3 Å². The van der Waals surface area contributed by atoms with Gasteiger partial charge < -0.3 is 14.8 Å². The zero-order valence-electron chi connectivity index (χ0n) is 16.0. The van der Waals surface area contributed by atoms with Gasteiger partial charge in [-0.1, -0.05) is 41.4 Å². The van der Waals surface area contributed by atoms with Crippen molar-refractivity contribution >= 4 is 34.8 Å². The molecule has 0 aromatic heterocycles. The van der Waals surface area contributed by atoms with Crippen LogP contribution in [-0.4, -0.2) is 38.1 Å². The summed E-state index contributed by atoms with van der Waals surface area (Å²) in [4.78, 5) is 15.2. The molecule has 0 spiro atoms. The monoisotopic (exact) mass is 422 g/mol. The van der Waals surface area contributed by atoms with Crippen LogP contribution in [0.25, 0.3) is 0 Å². The Morgan fingerprint density at radius 3 is 2.61 bits per heavy atom. The molecule has 1 aliphatic rings. The Bertz CT molecular complexity index is 844. The number of amides is 1. The zero-order valence-corrected chi connectivity index (χ0v) is 17.5. The van der Waals surface area contributed by atoms with Crippen LogP contribution in [0.15, 0.2) is 36.4 Å². The molecule has 1 heterocycles. The minimum Gasteiger partial charge on any atom is -0.495 e. The summed E-state index contributed by atoms with van der Waals surface area (Å²) in [6.45, 7) is 2.37. The number of nitrogens with zero attached hydrogens (tertiary/aromatic N) is 1. The summed E-state index contributed by atoms with van der Waals surface area (Å²) in [5, 5.41) is 4.16. The summed E-state index contributed by atoms with van der Waals surface area (Å²) >= 11 is 12.4. The van der Waals surface area contributed by atoms with Gasteiger partial charge in [0, 0.05) is 30.2 Å². The molecule has 0 saturated carbocycles. The Hall–Kier alpha value is -1.95. The molecule has 0 aliphatic carbocycles. The molecular formula is C21H24Cl2N2O3. The predicted octanol–water partition coefficient (Wildman–Crippen LogP) is 4.86. The molecule has 1 N–H and O–H groups in total. The van der Waals surface area contributed by atoms with Crippen molar-refractivity contribution in [1.82, 2.24) is 4.90 Å². The number of hydrogen-bond donors (Lipinski definition) is 1. The average molecular weight is 423 g/mol. The van der Waals surface area contributed by atoms with Gasteiger partial charge in [-0.3, -0.25) is 9.69 Å². The SMILES string of the molecule is COc1cc(NC(=O)C2CCCN(Cc3ccccc3Cl)C2)c(OC)cc1Cl. The molecule has 150 valence electrons. The van der Waals surface area contributed by atoms with Gasteiger partial charge in [-0.05, 0) is 31.0 Å². The third kappa shape index (κ3) is 4.90. The Morgan fingerprint density at radius 1 is 1.14 bits per heavy atom. The first-order valence-corrected chi connectivity index (χ1v) is 9.95. The lowest BCUT2D eigenvalue weighted by atomic mass is 9.96. The molecule has 28 heavy (non-hydrogen) atoms. The maximum absolute atomic E-state index is 12.9. The molecule has 2 aromatic rings. The summed E-state index contributed by atoms with van der Waals surface area (Å²) in [6, 6.07) is 11.1. The van der Waals surface area contributed by atoms with E-state index >= 15 is 0 Å². The highest BCUT2D eigenvalue weighted by molar-refractivity contribution is 6.32. The van der Waals surface area contributed by atoms with Crippen molar-refractivity contribution in [3.63, 3.8) is 0 Å². The number of hydrogen-bond acceptors (Lipinski definition) is 4. The lowest BCUT2D eigenvalue weighted by Crippen LogP contribution is -2.40. The normalized spacial score (nSPS) is 17.2. The maximum Gasteiger partial charge on any atom is 0.228 e. The Morgan fingerprint density at radius 2 is 1.89 bits per heavy atom. The minimum absolute atomic E-state index is 0.0356. The molecule has 1 fully saturated rings. The smallest absolute Gasteiger partial charge is 0.228 e. The fraction of sp³-hybridized carbons (Fsp3) is 0.381. The first-order chi connectivity index (χ1) is 13.5. The van der Waals surface area contributed by atoms with Gasteiger partial charge in [0.1, 0.15) is 11.5 Å².